The molecular weight excluding hydrogens is 372 g/mol. The number of pyridine rings is 1. The maximum Gasteiger partial charge on any atom is 0.337 e. The van der Waals surface area contributed by atoms with Crippen LogP contribution in [0.3, 0.4) is 0 Å². The second kappa shape index (κ2) is 9.18. The predicted octanol–water partition coefficient (Wildman–Crippen LogP) is 2.76. The maximum absolute atomic E-state index is 12.7. The van der Waals surface area contributed by atoms with Crippen LogP contribution in [0, 0.1) is 12.8 Å². The van der Waals surface area contributed by atoms with E-state index in [-0.39, 0.29) is 29.0 Å². The number of aryl methyl sites for hydroxylation is 1. The Bertz CT molecular complexity index is 898. The van der Waals surface area contributed by atoms with Crippen LogP contribution in [0.15, 0.2) is 42.7 Å². The zero-order valence-corrected chi connectivity index (χ0v) is 16.2. The molecule has 1 unspecified atom stereocenters. The minimum absolute atomic E-state index is 0.0150. The first-order valence-corrected chi connectivity index (χ1v) is 9.51. The van der Waals surface area contributed by atoms with Crippen LogP contribution in [-0.4, -0.2) is 52.5 Å². The Kier molecular flexibility index (Phi) is 6.43. The van der Waals surface area contributed by atoms with Crippen molar-refractivity contribution in [3.63, 3.8) is 0 Å². The predicted molar refractivity (Wildman–Crippen MR) is 108 cm³/mol. The van der Waals surface area contributed by atoms with Crippen LogP contribution in [0.2, 0.25) is 0 Å². The topological polar surface area (TPSA) is 112 Å². The van der Waals surface area contributed by atoms with Gasteiger partial charge < -0.3 is 20.6 Å². The van der Waals surface area contributed by atoms with Crippen molar-refractivity contribution in [2.24, 2.45) is 5.92 Å². The molecule has 0 bridgehead atoms. The van der Waals surface area contributed by atoms with Gasteiger partial charge in [-0.25, -0.2) is 9.59 Å². The van der Waals surface area contributed by atoms with E-state index in [1.165, 1.54) is 18.5 Å². The van der Waals surface area contributed by atoms with E-state index in [1.807, 2.05) is 31.2 Å². The van der Waals surface area contributed by atoms with Crippen molar-refractivity contribution in [1.29, 1.82) is 0 Å². The molecule has 3 N–H and O–H groups in total. The van der Waals surface area contributed by atoms with Crippen molar-refractivity contribution < 1.29 is 19.5 Å². The van der Waals surface area contributed by atoms with Crippen molar-refractivity contribution in [2.45, 2.75) is 19.8 Å². The van der Waals surface area contributed by atoms with E-state index in [0.717, 1.165) is 24.1 Å². The molecule has 0 saturated carbocycles. The lowest BCUT2D eigenvalue weighted by Gasteiger charge is -2.33. The maximum atomic E-state index is 12.7. The summed E-state index contributed by atoms with van der Waals surface area (Å²) in [4.78, 5) is 41.5. The third kappa shape index (κ3) is 5.54. The summed E-state index contributed by atoms with van der Waals surface area (Å²) in [7, 11) is 0. The minimum Gasteiger partial charge on any atom is -0.478 e. The van der Waals surface area contributed by atoms with E-state index >= 15 is 0 Å². The molecule has 1 saturated heterocycles. The van der Waals surface area contributed by atoms with E-state index in [9.17, 15) is 14.4 Å². The molecule has 8 nitrogen and oxygen atoms in total. The van der Waals surface area contributed by atoms with E-state index in [4.69, 9.17) is 5.11 Å². The Morgan fingerprint density at radius 2 is 1.90 bits per heavy atom. The van der Waals surface area contributed by atoms with E-state index < -0.39 is 5.97 Å². The van der Waals surface area contributed by atoms with Crippen molar-refractivity contribution in [1.82, 2.24) is 15.2 Å². The number of aromatic nitrogens is 1. The van der Waals surface area contributed by atoms with Crippen molar-refractivity contribution >= 4 is 23.6 Å². The fourth-order valence-corrected chi connectivity index (χ4v) is 3.32. The van der Waals surface area contributed by atoms with Gasteiger partial charge in [0, 0.05) is 37.7 Å². The summed E-state index contributed by atoms with van der Waals surface area (Å²) in [5, 5.41) is 14.7. The van der Waals surface area contributed by atoms with Crippen LogP contribution in [0.5, 0.6) is 0 Å². The van der Waals surface area contributed by atoms with E-state index in [2.05, 4.69) is 15.6 Å². The smallest absolute Gasteiger partial charge is 0.337 e. The van der Waals surface area contributed by atoms with E-state index in [1.54, 1.807) is 4.90 Å². The molecule has 3 amide bonds. The van der Waals surface area contributed by atoms with Gasteiger partial charge in [0.25, 0.3) is 5.91 Å². The van der Waals surface area contributed by atoms with Crippen molar-refractivity contribution in [3.8, 4) is 0 Å². The molecule has 0 aliphatic carbocycles. The summed E-state index contributed by atoms with van der Waals surface area (Å²) in [5.74, 6) is -1.23. The number of piperidine rings is 1. The first-order chi connectivity index (χ1) is 13.9. The molecule has 2 heterocycles. The highest BCUT2D eigenvalue weighted by atomic mass is 16.4. The minimum atomic E-state index is -1.12. The number of likely N-dealkylation sites (tertiary alicyclic amines) is 1. The molecule has 29 heavy (non-hydrogen) atoms. The van der Waals surface area contributed by atoms with Crippen LogP contribution in [-0.2, 0) is 0 Å². The molecule has 1 fully saturated rings. The normalized spacial score (nSPS) is 16.2. The second-order valence-corrected chi connectivity index (χ2v) is 7.23. The second-order valence-electron chi connectivity index (χ2n) is 7.23. The van der Waals surface area contributed by atoms with Gasteiger partial charge in [0.2, 0.25) is 0 Å². The number of nitrogens with one attached hydrogen (secondary N) is 2. The summed E-state index contributed by atoms with van der Waals surface area (Å²) in [6.45, 7) is 3.53. The van der Waals surface area contributed by atoms with Crippen molar-refractivity contribution in [3.05, 3.63) is 59.4 Å². The zero-order chi connectivity index (χ0) is 20.8. The number of hydrogen-bond donors (Lipinski definition) is 3. The highest BCUT2D eigenvalue weighted by molar-refractivity contribution is 5.97. The SMILES string of the molecule is Cc1ccc(NC(=O)NCC2CCCN(C(=O)c3cncc(C(=O)O)c3)C2)cc1. The molecule has 1 aromatic carbocycles. The highest BCUT2D eigenvalue weighted by Gasteiger charge is 2.25. The zero-order valence-electron chi connectivity index (χ0n) is 16.2. The van der Waals surface area contributed by atoms with Crippen LogP contribution >= 0.6 is 0 Å². The Morgan fingerprint density at radius 1 is 1.17 bits per heavy atom. The number of hydrogen-bond acceptors (Lipinski definition) is 4. The quantitative estimate of drug-likeness (QED) is 0.720. The first kappa shape index (κ1) is 20.3. The summed E-state index contributed by atoms with van der Waals surface area (Å²) >= 11 is 0. The Balaban J connectivity index is 1.53. The van der Waals surface area contributed by atoms with Crippen LogP contribution < -0.4 is 10.6 Å². The van der Waals surface area contributed by atoms with Gasteiger partial charge in [-0.3, -0.25) is 9.78 Å². The fraction of sp³-hybridized carbons (Fsp3) is 0.333. The number of urea groups is 1. The van der Waals surface area contributed by atoms with Gasteiger partial charge >= 0.3 is 12.0 Å². The van der Waals surface area contributed by atoms with Gasteiger partial charge in [-0.1, -0.05) is 17.7 Å². The monoisotopic (exact) mass is 396 g/mol. The average molecular weight is 396 g/mol. The largest absolute Gasteiger partial charge is 0.478 e. The number of amides is 3. The number of carbonyl (C=O) groups is 3. The Labute approximate surface area is 168 Å². The van der Waals surface area contributed by atoms with Gasteiger partial charge in [0.05, 0.1) is 11.1 Å². The van der Waals surface area contributed by atoms with Crippen LogP contribution in [0.1, 0.15) is 39.1 Å². The fourth-order valence-electron chi connectivity index (χ4n) is 3.32. The van der Waals surface area contributed by atoms with Crippen LogP contribution in [0.25, 0.3) is 0 Å². The number of anilines is 1. The standard InChI is InChI=1S/C21H24N4O4/c1-14-4-6-18(7-5-14)24-21(29)23-10-15-3-2-8-25(13-15)19(26)16-9-17(20(27)28)12-22-11-16/h4-7,9,11-12,15H,2-3,8,10,13H2,1H3,(H,27,28)(H2,23,24,29). The summed E-state index contributed by atoms with van der Waals surface area (Å²) in [5.41, 5.74) is 2.08. The lowest BCUT2D eigenvalue weighted by atomic mass is 9.97. The molecule has 2 aromatic rings. The number of benzene rings is 1. The number of carboxylic acids is 1. The van der Waals surface area contributed by atoms with Gasteiger partial charge in [-0.15, -0.1) is 0 Å². The highest BCUT2D eigenvalue weighted by Crippen LogP contribution is 2.18. The van der Waals surface area contributed by atoms with Gasteiger partial charge in [-0.2, -0.15) is 0 Å². The lowest BCUT2D eigenvalue weighted by Crippen LogP contribution is -2.44. The lowest BCUT2D eigenvalue weighted by molar-refractivity contribution is 0.0674. The van der Waals surface area contributed by atoms with Crippen molar-refractivity contribution in [2.75, 3.05) is 25.0 Å². The molecule has 1 aliphatic heterocycles. The number of carbonyl (C=O) groups excluding carboxylic acids is 2. The molecule has 0 radical (unpaired) electrons. The molecular formula is C21H24N4O4. The average Bonchev–Trinajstić information content (AvgIpc) is 2.73. The number of nitrogens with zero attached hydrogens (tertiary/aromatic N) is 2. The molecule has 1 aromatic heterocycles. The molecule has 1 aliphatic rings. The van der Waals surface area contributed by atoms with Gasteiger partial charge in [-0.05, 0) is 43.9 Å². The number of rotatable bonds is 5. The molecule has 152 valence electrons. The van der Waals surface area contributed by atoms with Crippen LogP contribution in [0.4, 0.5) is 10.5 Å². The van der Waals surface area contributed by atoms with Gasteiger partial charge in [0.15, 0.2) is 0 Å². The Hall–Kier alpha value is -3.42. The third-order valence-corrected chi connectivity index (χ3v) is 4.90. The molecule has 8 heteroatoms. The molecule has 3 rings (SSSR count). The summed E-state index contributed by atoms with van der Waals surface area (Å²) in [6.07, 6.45) is 4.33. The third-order valence-electron chi connectivity index (χ3n) is 4.90. The Morgan fingerprint density at radius 3 is 2.62 bits per heavy atom. The summed E-state index contributed by atoms with van der Waals surface area (Å²) in [6, 6.07) is 8.60. The first-order valence-electron chi connectivity index (χ1n) is 9.51. The number of aromatic carboxylic acids is 1. The van der Waals surface area contributed by atoms with Gasteiger partial charge in [0.1, 0.15) is 0 Å². The molecule has 1 atom stereocenters. The number of carboxylic acid groups (broad SMARTS) is 1. The summed E-state index contributed by atoms with van der Waals surface area (Å²) < 4.78 is 0. The molecule has 0 spiro atoms. The van der Waals surface area contributed by atoms with E-state index in [0.29, 0.717) is 19.6 Å².